The lowest BCUT2D eigenvalue weighted by atomic mass is 9.76. The maximum Gasteiger partial charge on any atom is 0.332 e. The van der Waals surface area contributed by atoms with Crippen molar-refractivity contribution in [1.82, 2.24) is 0 Å². The molecule has 0 aromatic heterocycles. The molecule has 0 amide bonds. The van der Waals surface area contributed by atoms with E-state index in [9.17, 15) is 15.0 Å². The second-order valence-corrected chi connectivity index (χ2v) is 6.77. The van der Waals surface area contributed by atoms with Gasteiger partial charge in [0, 0.05) is 13.2 Å². The Morgan fingerprint density at radius 1 is 1.05 bits per heavy atom. The number of carbonyl (C=O) groups excluding carboxylic acids is 1. The largest absolute Gasteiger partial charge is 0.458 e. The molecule has 5 nitrogen and oxygen atoms in total. The van der Waals surface area contributed by atoms with E-state index < -0.39 is 5.60 Å². The molecule has 1 fully saturated rings. The summed E-state index contributed by atoms with van der Waals surface area (Å²) in [6.45, 7) is 6.21. The Bertz CT molecular complexity index is 285. The fraction of sp³-hybridized carbons (Fsp3) is 0.933. The Hall–Kier alpha value is -0.650. The van der Waals surface area contributed by atoms with Crippen LogP contribution < -0.4 is 0 Å². The van der Waals surface area contributed by atoms with E-state index in [0.29, 0.717) is 12.5 Å². The fourth-order valence-electron chi connectivity index (χ4n) is 2.82. The van der Waals surface area contributed by atoms with Crippen molar-refractivity contribution in [3.63, 3.8) is 0 Å². The van der Waals surface area contributed by atoms with Gasteiger partial charge in [0.1, 0.15) is 12.2 Å². The van der Waals surface area contributed by atoms with Gasteiger partial charge in [-0.15, -0.1) is 0 Å². The summed E-state index contributed by atoms with van der Waals surface area (Å²) in [4.78, 5) is 11.5. The molecule has 0 bridgehead atoms. The van der Waals surface area contributed by atoms with Crippen LogP contribution >= 0.6 is 0 Å². The van der Waals surface area contributed by atoms with Crippen LogP contribution in [0, 0.1) is 17.8 Å². The minimum Gasteiger partial charge on any atom is -0.458 e. The number of rotatable bonds is 6. The molecule has 1 aliphatic carbocycles. The van der Waals surface area contributed by atoms with E-state index in [4.69, 9.17) is 9.47 Å². The number of aliphatic hydroxyl groups excluding tert-OH is 2. The summed E-state index contributed by atoms with van der Waals surface area (Å²) in [5.74, 6) is 0.401. The van der Waals surface area contributed by atoms with Gasteiger partial charge in [-0.1, -0.05) is 0 Å². The second-order valence-electron chi connectivity index (χ2n) is 6.77. The van der Waals surface area contributed by atoms with Gasteiger partial charge < -0.3 is 19.7 Å². The van der Waals surface area contributed by atoms with E-state index in [1.54, 1.807) is 0 Å². The zero-order valence-electron chi connectivity index (χ0n) is 12.8. The van der Waals surface area contributed by atoms with Crippen LogP contribution in [0.4, 0.5) is 0 Å². The van der Waals surface area contributed by atoms with Crippen LogP contribution in [0.15, 0.2) is 0 Å². The quantitative estimate of drug-likeness (QED) is 0.722. The molecule has 20 heavy (non-hydrogen) atoms. The Morgan fingerprint density at radius 3 is 2.00 bits per heavy atom. The lowest BCUT2D eigenvalue weighted by Crippen LogP contribution is -2.31. The van der Waals surface area contributed by atoms with Crippen molar-refractivity contribution in [2.24, 2.45) is 17.8 Å². The molecule has 0 aliphatic heterocycles. The third-order valence-corrected chi connectivity index (χ3v) is 3.51. The molecule has 0 heterocycles. The molecule has 1 aliphatic rings. The molecular weight excluding hydrogens is 260 g/mol. The normalized spacial score (nSPS) is 27.4. The van der Waals surface area contributed by atoms with Crippen LogP contribution in [0.25, 0.3) is 0 Å². The number of hydrogen-bond acceptors (Lipinski definition) is 5. The molecule has 118 valence electrons. The van der Waals surface area contributed by atoms with Gasteiger partial charge in [-0.3, -0.25) is 0 Å². The zero-order valence-corrected chi connectivity index (χ0v) is 12.8. The van der Waals surface area contributed by atoms with E-state index in [1.807, 2.05) is 20.8 Å². The molecule has 2 N–H and O–H groups in total. The average molecular weight is 288 g/mol. The summed E-state index contributed by atoms with van der Waals surface area (Å²) in [6.07, 6.45) is 2.65. The minimum atomic E-state index is -0.491. The van der Waals surface area contributed by atoms with Crippen LogP contribution in [-0.2, 0) is 14.3 Å². The SMILES string of the molecule is CC(C)(C)OC(=O)COCC1C[C@@H](CO)C[C@@H](CO)C1. The molecule has 1 unspecified atom stereocenters. The highest BCUT2D eigenvalue weighted by Gasteiger charge is 2.28. The second kappa shape index (κ2) is 7.96. The first-order valence-electron chi connectivity index (χ1n) is 7.35. The van der Waals surface area contributed by atoms with Gasteiger partial charge in [0.15, 0.2) is 0 Å². The summed E-state index contributed by atoms with van der Waals surface area (Å²) in [5.41, 5.74) is -0.491. The third-order valence-electron chi connectivity index (χ3n) is 3.51. The average Bonchev–Trinajstić information content (AvgIpc) is 2.36. The van der Waals surface area contributed by atoms with E-state index in [1.165, 1.54) is 0 Å². The van der Waals surface area contributed by atoms with Crippen molar-refractivity contribution in [2.75, 3.05) is 26.4 Å². The number of aliphatic hydroxyl groups is 2. The lowest BCUT2D eigenvalue weighted by Gasteiger charge is -2.33. The first-order chi connectivity index (χ1) is 9.34. The molecule has 1 saturated carbocycles. The molecule has 1 rings (SSSR count). The zero-order chi connectivity index (χ0) is 15.2. The molecule has 3 atom stereocenters. The summed E-state index contributed by atoms with van der Waals surface area (Å²) in [7, 11) is 0. The molecular formula is C15H28O5. The highest BCUT2D eigenvalue weighted by molar-refractivity contribution is 5.71. The molecule has 0 radical (unpaired) electrons. The lowest BCUT2D eigenvalue weighted by molar-refractivity contribution is -0.160. The van der Waals surface area contributed by atoms with Crippen LogP contribution in [0.2, 0.25) is 0 Å². The van der Waals surface area contributed by atoms with Crippen molar-refractivity contribution < 1.29 is 24.5 Å². The molecule has 0 aromatic rings. The Labute approximate surface area is 121 Å². The van der Waals surface area contributed by atoms with Crippen molar-refractivity contribution in [2.45, 2.75) is 45.6 Å². The monoisotopic (exact) mass is 288 g/mol. The van der Waals surface area contributed by atoms with E-state index in [-0.39, 0.29) is 37.6 Å². The van der Waals surface area contributed by atoms with Crippen LogP contribution in [0.1, 0.15) is 40.0 Å². The minimum absolute atomic E-state index is 0.0403. The molecule has 5 heteroatoms. The predicted octanol–water partition coefficient (Wildman–Crippen LogP) is 1.36. The van der Waals surface area contributed by atoms with E-state index >= 15 is 0 Å². The number of hydrogen-bond donors (Lipinski definition) is 2. The van der Waals surface area contributed by atoms with Crippen LogP contribution in [0.5, 0.6) is 0 Å². The van der Waals surface area contributed by atoms with Crippen molar-refractivity contribution >= 4 is 5.97 Å². The summed E-state index contributed by atoms with van der Waals surface area (Å²) >= 11 is 0. The third kappa shape index (κ3) is 6.68. The summed E-state index contributed by atoms with van der Waals surface area (Å²) in [5, 5.41) is 18.5. The summed E-state index contributed by atoms with van der Waals surface area (Å²) in [6, 6.07) is 0. The van der Waals surface area contributed by atoms with Gasteiger partial charge in [0.25, 0.3) is 0 Å². The maximum absolute atomic E-state index is 11.5. The van der Waals surface area contributed by atoms with Gasteiger partial charge in [0.05, 0.1) is 6.61 Å². The Kier molecular flexibility index (Phi) is 6.92. The predicted molar refractivity (Wildman–Crippen MR) is 75.2 cm³/mol. The fourth-order valence-corrected chi connectivity index (χ4v) is 2.82. The molecule has 0 aromatic carbocycles. The van der Waals surface area contributed by atoms with Gasteiger partial charge in [-0.05, 0) is 57.8 Å². The Balaban J connectivity index is 2.28. The number of esters is 1. The van der Waals surface area contributed by atoms with Crippen LogP contribution in [0.3, 0.4) is 0 Å². The van der Waals surface area contributed by atoms with Crippen molar-refractivity contribution in [1.29, 1.82) is 0 Å². The molecule has 0 spiro atoms. The number of carbonyl (C=O) groups is 1. The van der Waals surface area contributed by atoms with E-state index in [2.05, 4.69) is 0 Å². The first-order valence-corrected chi connectivity index (χ1v) is 7.35. The first kappa shape index (κ1) is 17.4. The number of ether oxygens (including phenoxy) is 2. The van der Waals surface area contributed by atoms with Gasteiger partial charge in [-0.2, -0.15) is 0 Å². The summed E-state index contributed by atoms with van der Waals surface area (Å²) < 4.78 is 10.6. The maximum atomic E-state index is 11.5. The van der Waals surface area contributed by atoms with Gasteiger partial charge in [-0.25, -0.2) is 4.79 Å². The van der Waals surface area contributed by atoms with Crippen LogP contribution in [-0.4, -0.2) is 48.2 Å². The van der Waals surface area contributed by atoms with Gasteiger partial charge >= 0.3 is 5.97 Å². The highest BCUT2D eigenvalue weighted by Crippen LogP contribution is 2.33. The van der Waals surface area contributed by atoms with E-state index in [0.717, 1.165) is 19.3 Å². The smallest absolute Gasteiger partial charge is 0.332 e. The molecule has 0 saturated heterocycles. The highest BCUT2D eigenvalue weighted by atomic mass is 16.6. The Morgan fingerprint density at radius 2 is 1.55 bits per heavy atom. The standard InChI is InChI=1S/C15H28O5/c1-15(2,3)20-14(18)10-19-9-13-5-11(7-16)4-12(6-13)8-17/h11-13,16-17H,4-10H2,1-3H3/t11-,12+,13?. The van der Waals surface area contributed by atoms with Gasteiger partial charge in [0.2, 0.25) is 0 Å². The topological polar surface area (TPSA) is 76.0 Å². The van der Waals surface area contributed by atoms with Crippen molar-refractivity contribution in [3.8, 4) is 0 Å². The van der Waals surface area contributed by atoms with Crippen molar-refractivity contribution in [3.05, 3.63) is 0 Å².